The summed E-state index contributed by atoms with van der Waals surface area (Å²) in [5.74, 6) is -0.798. The van der Waals surface area contributed by atoms with E-state index in [0.29, 0.717) is 23.6 Å². The number of esters is 1. The average Bonchev–Trinajstić information content (AvgIpc) is 2.96. The van der Waals surface area contributed by atoms with E-state index < -0.39 is 5.92 Å². The Morgan fingerprint density at radius 2 is 1.85 bits per heavy atom. The molecule has 1 atom stereocenters. The number of ether oxygens (including phenoxy) is 1. The zero-order valence-electron chi connectivity index (χ0n) is 11.6. The number of ketones is 1. The van der Waals surface area contributed by atoms with Gasteiger partial charge in [0.2, 0.25) is 5.78 Å². The lowest BCUT2D eigenvalue weighted by atomic mass is 10.1. The first-order valence-electron chi connectivity index (χ1n) is 6.58. The molecule has 0 aliphatic rings. The van der Waals surface area contributed by atoms with Crippen LogP contribution in [0.15, 0.2) is 42.5 Å². The van der Waals surface area contributed by atoms with Crippen LogP contribution in [0.3, 0.4) is 0 Å². The summed E-state index contributed by atoms with van der Waals surface area (Å²) in [5.41, 5.74) is 1.77. The molecule has 0 saturated carbocycles. The zero-order valence-corrected chi connectivity index (χ0v) is 11.6. The molecule has 1 unspecified atom stereocenters. The van der Waals surface area contributed by atoms with Crippen LogP contribution in [0.1, 0.15) is 41.5 Å². The molecule has 0 aliphatic carbocycles. The van der Waals surface area contributed by atoms with E-state index in [1.54, 1.807) is 38.1 Å². The molecule has 0 radical (unpaired) electrons. The quantitative estimate of drug-likeness (QED) is 0.672. The molecule has 2 aromatic rings. The normalized spacial score (nSPS) is 11.9. The number of aromatic nitrogens is 1. The van der Waals surface area contributed by atoms with Gasteiger partial charge in [-0.25, -0.2) is 0 Å². The first-order chi connectivity index (χ1) is 9.63. The Morgan fingerprint density at radius 3 is 2.50 bits per heavy atom. The molecule has 0 saturated heterocycles. The van der Waals surface area contributed by atoms with Gasteiger partial charge in [0.25, 0.3) is 0 Å². The van der Waals surface area contributed by atoms with Crippen LogP contribution in [0.5, 0.6) is 0 Å². The lowest BCUT2D eigenvalue weighted by Crippen LogP contribution is -2.13. The van der Waals surface area contributed by atoms with E-state index in [-0.39, 0.29) is 11.8 Å². The van der Waals surface area contributed by atoms with Gasteiger partial charge in [0.15, 0.2) is 0 Å². The lowest BCUT2D eigenvalue weighted by Gasteiger charge is -2.08. The molecule has 1 aromatic heterocycles. The summed E-state index contributed by atoms with van der Waals surface area (Å²) in [6.07, 6.45) is 0. The second-order valence-electron chi connectivity index (χ2n) is 4.50. The van der Waals surface area contributed by atoms with Gasteiger partial charge >= 0.3 is 5.97 Å². The molecule has 0 bridgehead atoms. The third kappa shape index (κ3) is 2.96. The van der Waals surface area contributed by atoms with Crippen LogP contribution in [0, 0.1) is 0 Å². The first-order valence-corrected chi connectivity index (χ1v) is 6.58. The van der Waals surface area contributed by atoms with Crippen molar-refractivity contribution < 1.29 is 14.3 Å². The van der Waals surface area contributed by atoms with E-state index in [4.69, 9.17) is 4.74 Å². The van der Waals surface area contributed by atoms with Crippen molar-refractivity contribution in [3.8, 4) is 0 Å². The zero-order chi connectivity index (χ0) is 14.5. The Bertz CT molecular complexity index is 601. The number of rotatable bonds is 5. The van der Waals surface area contributed by atoms with Crippen molar-refractivity contribution in [1.29, 1.82) is 0 Å². The summed E-state index contributed by atoms with van der Waals surface area (Å²) >= 11 is 0. The molecule has 20 heavy (non-hydrogen) atoms. The molecular weight excluding hydrogens is 254 g/mol. The first kappa shape index (κ1) is 14.1. The Hall–Kier alpha value is -2.36. The topological polar surface area (TPSA) is 59.2 Å². The molecule has 1 aromatic carbocycles. The monoisotopic (exact) mass is 271 g/mol. The van der Waals surface area contributed by atoms with E-state index >= 15 is 0 Å². The van der Waals surface area contributed by atoms with Gasteiger partial charge in [-0.05, 0) is 26.0 Å². The predicted octanol–water partition coefficient (Wildman–Crippen LogP) is 2.91. The second-order valence-corrected chi connectivity index (χ2v) is 4.50. The third-order valence-corrected chi connectivity index (χ3v) is 3.10. The third-order valence-electron chi connectivity index (χ3n) is 3.10. The lowest BCUT2D eigenvalue weighted by molar-refractivity contribution is -0.144. The van der Waals surface area contributed by atoms with Crippen molar-refractivity contribution in [3.05, 3.63) is 59.4 Å². The van der Waals surface area contributed by atoms with E-state index in [9.17, 15) is 9.59 Å². The minimum Gasteiger partial charge on any atom is -0.465 e. The second kappa shape index (κ2) is 6.19. The van der Waals surface area contributed by atoms with Gasteiger partial charge in [0, 0.05) is 11.3 Å². The van der Waals surface area contributed by atoms with E-state index in [2.05, 4.69) is 4.98 Å². The standard InChI is InChI=1S/C16H17NO3/c1-3-20-16(19)11(2)13-9-10-14(17-13)15(18)12-7-5-4-6-8-12/h4-11,17H,3H2,1-2H3. The summed E-state index contributed by atoms with van der Waals surface area (Å²) < 4.78 is 4.97. The fourth-order valence-electron chi connectivity index (χ4n) is 1.94. The molecule has 0 spiro atoms. The van der Waals surface area contributed by atoms with E-state index in [1.807, 2.05) is 18.2 Å². The summed E-state index contributed by atoms with van der Waals surface area (Å²) in [4.78, 5) is 26.9. The number of benzene rings is 1. The fraction of sp³-hybridized carbons (Fsp3) is 0.250. The van der Waals surface area contributed by atoms with E-state index in [0.717, 1.165) is 0 Å². The van der Waals surface area contributed by atoms with Gasteiger partial charge < -0.3 is 9.72 Å². The number of hydrogen-bond acceptors (Lipinski definition) is 3. The van der Waals surface area contributed by atoms with E-state index in [1.165, 1.54) is 0 Å². The summed E-state index contributed by atoms with van der Waals surface area (Å²) in [5, 5.41) is 0. The summed E-state index contributed by atoms with van der Waals surface area (Å²) in [6.45, 7) is 3.87. The molecule has 4 heteroatoms. The van der Waals surface area contributed by atoms with Gasteiger partial charge in [-0.15, -0.1) is 0 Å². The number of carbonyl (C=O) groups is 2. The van der Waals surface area contributed by atoms with Crippen LogP contribution in [0.25, 0.3) is 0 Å². The molecule has 1 heterocycles. The smallest absolute Gasteiger partial charge is 0.314 e. The molecule has 4 nitrogen and oxygen atoms in total. The summed E-state index contributed by atoms with van der Waals surface area (Å²) in [7, 11) is 0. The highest BCUT2D eigenvalue weighted by molar-refractivity contribution is 6.07. The maximum atomic E-state index is 12.2. The van der Waals surface area contributed by atoms with Crippen molar-refractivity contribution in [1.82, 2.24) is 4.98 Å². The predicted molar refractivity (Wildman–Crippen MR) is 75.7 cm³/mol. The number of carbonyl (C=O) groups excluding carboxylic acids is 2. The van der Waals surface area contributed by atoms with Crippen molar-refractivity contribution in [2.24, 2.45) is 0 Å². The Balaban J connectivity index is 2.17. The van der Waals surface area contributed by atoms with Crippen LogP contribution in [-0.2, 0) is 9.53 Å². The Labute approximate surface area is 117 Å². The minimum atomic E-state index is -0.410. The molecule has 0 fully saturated rings. The van der Waals surface area contributed by atoms with Crippen LogP contribution in [-0.4, -0.2) is 23.3 Å². The fourth-order valence-corrected chi connectivity index (χ4v) is 1.94. The molecule has 104 valence electrons. The van der Waals surface area contributed by atoms with Gasteiger partial charge in [0.1, 0.15) is 0 Å². The number of hydrogen-bond donors (Lipinski definition) is 1. The maximum absolute atomic E-state index is 12.2. The van der Waals surface area contributed by atoms with Crippen molar-refractivity contribution in [2.75, 3.05) is 6.61 Å². The summed E-state index contributed by atoms with van der Waals surface area (Å²) in [6, 6.07) is 12.5. The largest absolute Gasteiger partial charge is 0.465 e. The van der Waals surface area contributed by atoms with Gasteiger partial charge in [-0.1, -0.05) is 30.3 Å². The molecule has 2 rings (SSSR count). The van der Waals surface area contributed by atoms with Gasteiger partial charge in [-0.3, -0.25) is 9.59 Å². The van der Waals surface area contributed by atoms with Gasteiger partial charge in [-0.2, -0.15) is 0 Å². The number of H-pyrrole nitrogens is 1. The van der Waals surface area contributed by atoms with Crippen LogP contribution in [0.2, 0.25) is 0 Å². The van der Waals surface area contributed by atoms with Crippen molar-refractivity contribution >= 4 is 11.8 Å². The highest BCUT2D eigenvalue weighted by Crippen LogP contribution is 2.18. The molecule has 1 N–H and O–H groups in total. The SMILES string of the molecule is CCOC(=O)C(C)c1ccc(C(=O)c2ccccc2)[nH]1. The minimum absolute atomic E-state index is 0.0899. The van der Waals surface area contributed by atoms with Crippen LogP contribution >= 0.6 is 0 Å². The Kier molecular flexibility index (Phi) is 4.35. The highest BCUT2D eigenvalue weighted by Gasteiger charge is 2.19. The maximum Gasteiger partial charge on any atom is 0.314 e. The van der Waals surface area contributed by atoms with Crippen LogP contribution < -0.4 is 0 Å². The average molecular weight is 271 g/mol. The molecular formula is C16H17NO3. The molecule has 0 aliphatic heterocycles. The van der Waals surface area contributed by atoms with Crippen LogP contribution in [0.4, 0.5) is 0 Å². The van der Waals surface area contributed by atoms with Crippen molar-refractivity contribution in [2.45, 2.75) is 19.8 Å². The highest BCUT2D eigenvalue weighted by atomic mass is 16.5. The number of aromatic amines is 1. The van der Waals surface area contributed by atoms with Gasteiger partial charge in [0.05, 0.1) is 18.2 Å². The Morgan fingerprint density at radius 1 is 1.15 bits per heavy atom. The molecule has 0 amide bonds. The van der Waals surface area contributed by atoms with Crippen molar-refractivity contribution in [3.63, 3.8) is 0 Å². The number of nitrogens with one attached hydrogen (secondary N) is 1.